The van der Waals surface area contributed by atoms with E-state index in [4.69, 9.17) is 23.7 Å². The first kappa shape index (κ1) is 22.9. The number of pyridine rings is 1. The van der Waals surface area contributed by atoms with Crippen molar-refractivity contribution >= 4 is 23.8 Å². The van der Waals surface area contributed by atoms with Gasteiger partial charge in [-0.15, -0.1) is 0 Å². The fraction of sp³-hybridized carbons (Fsp3) is 0.500. The molecular formula is C18H22N2O10. The van der Waals surface area contributed by atoms with Crippen molar-refractivity contribution in [1.82, 2.24) is 10.3 Å². The molecule has 0 aliphatic carbocycles. The van der Waals surface area contributed by atoms with E-state index < -0.39 is 54.1 Å². The average molecular weight is 426 g/mol. The second-order valence-electron chi connectivity index (χ2n) is 6.23. The van der Waals surface area contributed by atoms with Gasteiger partial charge in [0.2, 0.25) is 0 Å². The van der Waals surface area contributed by atoms with Crippen LogP contribution < -0.4 is 10.1 Å². The molecule has 1 aromatic rings. The smallest absolute Gasteiger partial charge is 0.303 e. The van der Waals surface area contributed by atoms with E-state index in [-0.39, 0.29) is 18.1 Å². The van der Waals surface area contributed by atoms with Gasteiger partial charge >= 0.3 is 17.9 Å². The molecule has 0 unspecified atom stereocenters. The highest BCUT2D eigenvalue weighted by atomic mass is 16.6. The summed E-state index contributed by atoms with van der Waals surface area (Å²) in [6.07, 6.45) is -3.73. The molecule has 164 valence electrons. The van der Waals surface area contributed by atoms with E-state index >= 15 is 0 Å². The van der Waals surface area contributed by atoms with Crippen LogP contribution in [0.25, 0.3) is 0 Å². The van der Waals surface area contributed by atoms with Crippen LogP contribution in [-0.2, 0) is 33.3 Å². The standard InChI is InChI=1S/C18H22N2O10/c1-8(21)28-12-7-27-18(16(30-10(3)23)15(12)29-9(2)22)20-17(25)13-14(24)11(26-4)5-6-19-13/h5-6,12,15-16,18,24H,7H2,1-4H3,(H,20,25)/t12-,15-,16+,18+/m0/s1. The summed E-state index contributed by atoms with van der Waals surface area (Å²) in [5.41, 5.74) is -0.370. The molecule has 0 radical (unpaired) electrons. The number of aromatic hydroxyl groups is 1. The zero-order valence-corrected chi connectivity index (χ0v) is 16.7. The number of hydrogen-bond donors (Lipinski definition) is 2. The second-order valence-corrected chi connectivity index (χ2v) is 6.23. The number of hydrogen-bond acceptors (Lipinski definition) is 11. The number of nitrogens with one attached hydrogen (secondary N) is 1. The minimum Gasteiger partial charge on any atom is -0.503 e. The van der Waals surface area contributed by atoms with E-state index in [0.29, 0.717) is 0 Å². The summed E-state index contributed by atoms with van der Waals surface area (Å²) in [6, 6.07) is 1.35. The van der Waals surface area contributed by atoms with Crippen LogP contribution in [0.2, 0.25) is 0 Å². The summed E-state index contributed by atoms with van der Waals surface area (Å²) >= 11 is 0. The largest absolute Gasteiger partial charge is 0.503 e. The number of carbonyl (C=O) groups excluding carboxylic acids is 4. The van der Waals surface area contributed by atoms with Gasteiger partial charge in [-0.25, -0.2) is 4.98 Å². The van der Waals surface area contributed by atoms with Gasteiger partial charge in [-0.05, 0) is 0 Å². The van der Waals surface area contributed by atoms with E-state index in [2.05, 4.69) is 10.3 Å². The predicted octanol–water partition coefficient (Wildman–Crippen LogP) is -0.323. The quantitative estimate of drug-likeness (QED) is 0.453. The molecule has 1 fully saturated rings. The van der Waals surface area contributed by atoms with Gasteiger partial charge < -0.3 is 34.1 Å². The van der Waals surface area contributed by atoms with E-state index in [1.165, 1.54) is 19.4 Å². The van der Waals surface area contributed by atoms with Gasteiger partial charge in [0.05, 0.1) is 13.7 Å². The fourth-order valence-electron chi connectivity index (χ4n) is 2.83. The Bertz CT molecular complexity index is 827. The lowest BCUT2D eigenvalue weighted by Gasteiger charge is -2.40. The fourth-order valence-corrected chi connectivity index (χ4v) is 2.83. The molecule has 2 rings (SSSR count). The lowest BCUT2D eigenvalue weighted by molar-refractivity contribution is -0.228. The Morgan fingerprint density at radius 3 is 2.23 bits per heavy atom. The average Bonchev–Trinajstić information content (AvgIpc) is 2.65. The van der Waals surface area contributed by atoms with Crippen molar-refractivity contribution in [2.24, 2.45) is 0 Å². The Labute approximate surface area is 171 Å². The molecule has 2 N–H and O–H groups in total. The van der Waals surface area contributed by atoms with Crippen molar-refractivity contribution in [3.8, 4) is 11.5 Å². The zero-order valence-electron chi connectivity index (χ0n) is 16.7. The SMILES string of the molecule is COc1ccnc(C(=O)N[C@@H]2OC[C@H](OC(C)=O)[C@H](OC(C)=O)[C@H]2OC(C)=O)c1O. The van der Waals surface area contributed by atoms with Crippen LogP contribution in [0.5, 0.6) is 11.5 Å². The van der Waals surface area contributed by atoms with Gasteiger partial charge in [-0.2, -0.15) is 0 Å². The van der Waals surface area contributed by atoms with Crippen molar-refractivity contribution < 1.29 is 48.0 Å². The maximum atomic E-state index is 12.6. The third-order valence-electron chi connectivity index (χ3n) is 3.95. The Morgan fingerprint density at radius 1 is 1.07 bits per heavy atom. The minimum absolute atomic E-state index is 0.0176. The van der Waals surface area contributed by atoms with Crippen molar-refractivity contribution in [3.05, 3.63) is 18.0 Å². The number of methoxy groups -OCH3 is 1. The molecule has 12 nitrogen and oxygen atoms in total. The van der Waals surface area contributed by atoms with Gasteiger partial charge in [0.25, 0.3) is 5.91 Å². The van der Waals surface area contributed by atoms with Crippen LogP contribution in [0.15, 0.2) is 12.3 Å². The van der Waals surface area contributed by atoms with Gasteiger partial charge in [0.1, 0.15) is 0 Å². The Hall–Kier alpha value is -3.41. The van der Waals surface area contributed by atoms with E-state index in [0.717, 1.165) is 20.8 Å². The van der Waals surface area contributed by atoms with Gasteiger partial charge in [0.15, 0.2) is 41.7 Å². The third-order valence-corrected chi connectivity index (χ3v) is 3.95. The summed E-state index contributed by atoms with van der Waals surface area (Å²) in [4.78, 5) is 50.9. The summed E-state index contributed by atoms with van der Waals surface area (Å²) in [5, 5.41) is 12.5. The Balaban J connectivity index is 2.30. The van der Waals surface area contributed by atoms with E-state index in [1.807, 2.05) is 0 Å². The van der Waals surface area contributed by atoms with Crippen molar-refractivity contribution in [1.29, 1.82) is 0 Å². The van der Waals surface area contributed by atoms with E-state index in [9.17, 15) is 24.3 Å². The molecule has 0 aromatic carbocycles. The first-order valence-electron chi connectivity index (χ1n) is 8.80. The lowest BCUT2D eigenvalue weighted by Crippen LogP contribution is -2.62. The molecule has 0 saturated carbocycles. The molecule has 0 spiro atoms. The summed E-state index contributed by atoms with van der Waals surface area (Å²) in [5.74, 6) is -3.52. The van der Waals surface area contributed by atoms with E-state index in [1.54, 1.807) is 0 Å². The number of esters is 3. The summed E-state index contributed by atoms with van der Waals surface area (Å²) in [7, 11) is 1.30. The zero-order chi connectivity index (χ0) is 22.4. The summed E-state index contributed by atoms with van der Waals surface area (Å²) < 4.78 is 25.9. The van der Waals surface area contributed by atoms with Crippen molar-refractivity contribution in [2.75, 3.05) is 13.7 Å². The predicted molar refractivity (Wildman–Crippen MR) is 96.3 cm³/mol. The molecule has 2 heterocycles. The highest BCUT2D eigenvalue weighted by Crippen LogP contribution is 2.28. The van der Waals surface area contributed by atoms with Gasteiger partial charge in [-0.1, -0.05) is 0 Å². The van der Waals surface area contributed by atoms with Crippen molar-refractivity contribution in [3.63, 3.8) is 0 Å². The number of ether oxygens (including phenoxy) is 5. The number of amides is 1. The van der Waals surface area contributed by atoms with Crippen LogP contribution in [0.3, 0.4) is 0 Å². The van der Waals surface area contributed by atoms with Crippen molar-refractivity contribution in [2.45, 2.75) is 45.3 Å². The second kappa shape index (κ2) is 9.87. The molecule has 12 heteroatoms. The van der Waals surface area contributed by atoms with Crippen LogP contribution in [0.1, 0.15) is 31.3 Å². The van der Waals surface area contributed by atoms with Crippen LogP contribution in [0.4, 0.5) is 0 Å². The first-order valence-corrected chi connectivity index (χ1v) is 8.80. The normalized spacial score (nSPS) is 23.1. The molecule has 0 bridgehead atoms. The van der Waals surface area contributed by atoms with Crippen LogP contribution in [-0.4, -0.2) is 72.2 Å². The molecule has 30 heavy (non-hydrogen) atoms. The molecular weight excluding hydrogens is 404 g/mol. The Kier molecular flexibility index (Phi) is 7.53. The minimum atomic E-state index is -1.35. The Morgan fingerprint density at radius 2 is 1.67 bits per heavy atom. The highest BCUT2D eigenvalue weighted by molar-refractivity contribution is 5.95. The number of nitrogens with zero attached hydrogens (tertiary/aromatic N) is 1. The molecule has 1 aromatic heterocycles. The molecule has 1 aliphatic heterocycles. The molecule has 1 saturated heterocycles. The third kappa shape index (κ3) is 5.56. The maximum Gasteiger partial charge on any atom is 0.303 e. The maximum absolute atomic E-state index is 12.6. The summed E-state index contributed by atoms with van der Waals surface area (Å²) in [6.45, 7) is 3.11. The molecule has 1 aliphatic rings. The topological polar surface area (TPSA) is 160 Å². The highest BCUT2D eigenvalue weighted by Gasteiger charge is 2.47. The van der Waals surface area contributed by atoms with Crippen LogP contribution >= 0.6 is 0 Å². The number of aromatic nitrogens is 1. The molecule has 4 atom stereocenters. The van der Waals surface area contributed by atoms with Gasteiger partial charge in [0, 0.05) is 33.0 Å². The van der Waals surface area contributed by atoms with Crippen LogP contribution in [0, 0.1) is 0 Å². The first-order chi connectivity index (χ1) is 14.1. The number of rotatable bonds is 6. The lowest BCUT2D eigenvalue weighted by atomic mass is 10.0. The molecule has 1 amide bonds. The monoisotopic (exact) mass is 426 g/mol. The van der Waals surface area contributed by atoms with Gasteiger partial charge in [-0.3, -0.25) is 19.2 Å². The number of carbonyl (C=O) groups is 4.